The molecule has 8 nitrogen and oxygen atoms in total. The molecule has 1 saturated carbocycles. The second kappa shape index (κ2) is 12.3. The summed E-state index contributed by atoms with van der Waals surface area (Å²) < 4.78 is 10.7. The van der Waals surface area contributed by atoms with E-state index in [1.807, 2.05) is 45.0 Å². The minimum absolute atomic E-state index is 0.115. The van der Waals surface area contributed by atoms with E-state index < -0.39 is 23.8 Å². The van der Waals surface area contributed by atoms with Gasteiger partial charge in [0.15, 0.2) is 0 Å². The normalized spacial score (nSPS) is 15.2. The molecule has 1 aliphatic carbocycles. The number of carbonyl (C=O) groups excluding carboxylic acids is 3. The van der Waals surface area contributed by atoms with Crippen molar-refractivity contribution < 1.29 is 23.9 Å². The topological polar surface area (TPSA) is 97.0 Å². The van der Waals surface area contributed by atoms with E-state index in [0.29, 0.717) is 11.4 Å². The molecule has 2 unspecified atom stereocenters. The number of nitrogens with zero attached hydrogens (tertiary/aromatic N) is 1. The highest BCUT2D eigenvalue weighted by Crippen LogP contribution is 2.36. The van der Waals surface area contributed by atoms with Crippen LogP contribution in [0.3, 0.4) is 0 Å². The number of hydrogen-bond acceptors (Lipinski definition) is 5. The van der Waals surface area contributed by atoms with Gasteiger partial charge in [0, 0.05) is 11.7 Å². The number of alkyl carbamates (subject to hydrolysis) is 1. The van der Waals surface area contributed by atoms with Crippen molar-refractivity contribution in [2.45, 2.75) is 84.5 Å². The Kier molecular flexibility index (Phi) is 9.41. The average Bonchev–Trinajstić information content (AvgIpc) is 2.81. The number of carbonyl (C=O) groups is 3. The highest BCUT2D eigenvalue weighted by atomic mass is 16.6. The molecular weight excluding hydrogens is 482 g/mol. The fourth-order valence-electron chi connectivity index (χ4n) is 4.49. The second-order valence-electron chi connectivity index (χ2n) is 11.2. The molecule has 0 radical (unpaired) electrons. The van der Waals surface area contributed by atoms with Gasteiger partial charge in [-0.2, -0.15) is 0 Å². The van der Waals surface area contributed by atoms with Crippen LogP contribution in [-0.4, -0.2) is 47.6 Å². The SMILES string of the molecule is COc1ccc(NC(=O)C(c2ccccc2C)N(C(=O)C(NC(=O)OC(C)(C)C)C(C)C)C2CCC2)cc1. The number of methoxy groups -OCH3 is 1. The lowest BCUT2D eigenvalue weighted by molar-refractivity contribution is -0.146. The van der Waals surface area contributed by atoms with Crippen molar-refractivity contribution in [1.82, 2.24) is 10.2 Å². The molecule has 2 N–H and O–H groups in total. The molecule has 2 atom stereocenters. The van der Waals surface area contributed by atoms with Gasteiger partial charge in [-0.15, -0.1) is 0 Å². The lowest BCUT2D eigenvalue weighted by Gasteiger charge is -2.44. The van der Waals surface area contributed by atoms with Gasteiger partial charge in [-0.1, -0.05) is 38.1 Å². The number of benzene rings is 2. The molecule has 3 rings (SSSR count). The summed E-state index contributed by atoms with van der Waals surface area (Å²) in [5.41, 5.74) is 1.55. The van der Waals surface area contributed by atoms with Crippen molar-refractivity contribution >= 4 is 23.6 Å². The van der Waals surface area contributed by atoms with Crippen molar-refractivity contribution in [3.8, 4) is 5.75 Å². The van der Waals surface area contributed by atoms with E-state index in [4.69, 9.17) is 9.47 Å². The molecule has 0 aromatic heterocycles. The smallest absolute Gasteiger partial charge is 0.408 e. The Balaban J connectivity index is 2.00. The summed E-state index contributed by atoms with van der Waals surface area (Å²) in [7, 11) is 1.58. The standard InChI is InChI=1S/C30H41N3O5/c1-19(2)25(32-29(36)38-30(4,5)6)28(35)33(22-12-10-13-22)26(24-14-9-8-11-20(24)3)27(34)31-21-15-17-23(37-7)18-16-21/h8-9,11,14-19,22,25-26H,10,12-13H2,1-7H3,(H,31,34)(H,32,36). The molecule has 0 spiro atoms. The lowest BCUT2D eigenvalue weighted by atomic mass is 9.86. The highest BCUT2D eigenvalue weighted by Gasteiger charge is 2.43. The predicted molar refractivity (Wildman–Crippen MR) is 148 cm³/mol. The minimum atomic E-state index is -0.877. The van der Waals surface area contributed by atoms with Gasteiger partial charge in [0.2, 0.25) is 5.91 Å². The van der Waals surface area contributed by atoms with Gasteiger partial charge in [-0.25, -0.2) is 4.79 Å². The largest absolute Gasteiger partial charge is 0.497 e. The van der Waals surface area contributed by atoms with Gasteiger partial charge in [0.05, 0.1) is 7.11 Å². The first-order chi connectivity index (χ1) is 17.9. The molecule has 3 amide bonds. The Morgan fingerprint density at radius 2 is 1.63 bits per heavy atom. The van der Waals surface area contributed by atoms with Gasteiger partial charge < -0.3 is 25.0 Å². The number of ether oxygens (including phenoxy) is 2. The number of anilines is 1. The van der Waals surface area contributed by atoms with E-state index in [0.717, 1.165) is 30.4 Å². The monoisotopic (exact) mass is 523 g/mol. The van der Waals surface area contributed by atoms with E-state index in [-0.39, 0.29) is 23.8 Å². The zero-order valence-electron chi connectivity index (χ0n) is 23.5. The molecule has 2 aromatic rings. The summed E-state index contributed by atoms with van der Waals surface area (Å²) in [4.78, 5) is 42.6. The zero-order valence-corrected chi connectivity index (χ0v) is 23.5. The molecule has 0 saturated heterocycles. The Hall–Kier alpha value is -3.55. The van der Waals surface area contributed by atoms with Crippen molar-refractivity contribution in [2.75, 3.05) is 12.4 Å². The summed E-state index contributed by atoms with van der Waals surface area (Å²) >= 11 is 0. The van der Waals surface area contributed by atoms with E-state index in [2.05, 4.69) is 10.6 Å². The number of nitrogens with one attached hydrogen (secondary N) is 2. The summed E-state index contributed by atoms with van der Waals surface area (Å²) in [5.74, 6) is -0.157. The van der Waals surface area contributed by atoms with Crippen LogP contribution in [0.1, 0.15) is 71.0 Å². The van der Waals surface area contributed by atoms with Crippen LogP contribution in [0.4, 0.5) is 10.5 Å². The van der Waals surface area contributed by atoms with Gasteiger partial charge in [0.25, 0.3) is 5.91 Å². The maximum absolute atomic E-state index is 14.2. The Morgan fingerprint density at radius 1 is 1.00 bits per heavy atom. The molecule has 0 aliphatic heterocycles. The van der Waals surface area contributed by atoms with E-state index in [9.17, 15) is 14.4 Å². The molecule has 0 heterocycles. The average molecular weight is 524 g/mol. The Bertz CT molecular complexity index is 1120. The first kappa shape index (κ1) is 29.0. The van der Waals surface area contributed by atoms with Crippen LogP contribution in [0.2, 0.25) is 0 Å². The number of hydrogen-bond donors (Lipinski definition) is 2. The van der Waals surface area contributed by atoms with Crippen LogP contribution in [0.25, 0.3) is 0 Å². The maximum atomic E-state index is 14.2. The summed E-state index contributed by atoms with van der Waals surface area (Å²) in [6, 6.07) is 12.8. The first-order valence-electron chi connectivity index (χ1n) is 13.2. The number of amides is 3. The van der Waals surface area contributed by atoms with E-state index >= 15 is 0 Å². The van der Waals surface area contributed by atoms with Gasteiger partial charge in [-0.3, -0.25) is 9.59 Å². The van der Waals surface area contributed by atoms with Crippen LogP contribution in [0.15, 0.2) is 48.5 Å². The third-order valence-electron chi connectivity index (χ3n) is 6.69. The van der Waals surface area contributed by atoms with Crippen molar-refractivity contribution in [3.63, 3.8) is 0 Å². The maximum Gasteiger partial charge on any atom is 0.408 e. The highest BCUT2D eigenvalue weighted by molar-refractivity contribution is 5.99. The second-order valence-corrected chi connectivity index (χ2v) is 11.2. The molecule has 1 fully saturated rings. The third kappa shape index (κ3) is 7.27. The summed E-state index contributed by atoms with van der Waals surface area (Å²) in [6.07, 6.45) is 1.90. The third-order valence-corrected chi connectivity index (χ3v) is 6.69. The number of aryl methyl sites for hydroxylation is 1. The van der Waals surface area contributed by atoms with Crippen molar-refractivity contribution in [2.24, 2.45) is 5.92 Å². The minimum Gasteiger partial charge on any atom is -0.497 e. The molecule has 2 aromatic carbocycles. The quantitative estimate of drug-likeness (QED) is 0.445. The molecule has 0 bridgehead atoms. The summed E-state index contributed by atoms with van der Waals surface area (Å²) in [6.45, 7) is 11.0. The predicted octanol–water partition coefficient (Wildman–Crippen LogP) is 5.61. The Labute approximate surface area is 226 Å². The van der Waals surface area contributed by atoms with Crippen LogP contribution in [-0.2, 0) is 14.3 Å². The van der Waals surface area contributed by atoms with Crippen LogP contribution in [0, 0.1) is 12.8 Å². The van der Waals surface area contributed by atoms with Crippen LogP contribution < -0.4 is 15.4 Å². The fraction of sp³-hybridized carbons (Fsp3) is 0.500. The lowest BCUT2D eigenvalue weighted by Crippen LogP contribution is -2.58. The van der Waals surface area contributed by atoms with Gasteiger partial charge in [-0.05, 0) is 88.3 Å². The van der Waals surface area contributed by atoms with Gasteiger partial charge in [0.1, 0.15) is 23.4 Å². The first-order valence-corrected chi connectivity index (χ1v) is 13.2. The Morgan fingerprint density at radius 3 is 2.13 bits per heavy atom. The number of rotatable bonds is 9. The van der Waals surface area contributed by atoms with E-state index in [1.54, 1.807) is 57.0 Å². The molecule has 206 valence electrons. The molecule has 38 heavy (non-hydrogen) atoms. The zero-order chi connectivity index (χ0) is 28.0. The van der Waals surface area contributed by atoms with Crippen molar-refractivity contribution in [3.05, 3.63) is 59.7 Å². The van der Waals surface area contributed by atoms with E-state index in [1.165, 1.54) is 0 Å². The van der Waals surface area contributed by atoms with Crippen LogP contribution >= 0.6 is 0 Å². The molecular formula is C30H41N3O5. The summed E-state index contributed by atoms with van der Waals surface area (Å²) in [5, 5.41) is 5.78. The van der Waals surface area contributed by atoms with Crippen molar-refractivity contribution in [1.29, 1.82) is 0 Å². The molecule has 1 aliphatic rings. The molecule has 8 heteroatoms. The fourth-order valence-corrected chi connectivity index (χ4v) is 4.49. The van der Waals surface area contributed by atoms with Crippen LogP contribution in [0.5, 0.6) is 5.75 Å². The van der Waals surface area contributed by atoms with Gasteiger partial charge >= 0.3 is 6.09 Å².